The summed E-state index contributed by atoms with van der Waals surface area (Å²) in [4.78, 5) is 0. The number of rotatable bonds is 7. The van der Waals surface area contributed by atoms with Crippen LogP contribution in [0.1, 0.15) is 24.5 Å². The molecule has 0 spiro atoms. The highest BCUT2D eigenvalue weighted by molar-refractivity contribution is 5.32. The van der Waals surface area contributed by atoms with Crippen molar-refractivity contribution in [1.29, 1.82) is 0 Å². The van der Waals surface area contributed by atoms with E-state index in [1.165, 1.54) is 0 Å². The fourth-order valence-corrected chi connectivity index (χ4v) is 2.43. The van der Waals surface area contributed by atoms with Gasteiger partial charge in [0, 0.05) is 5.56 Å². The van der Waals surface area contributed by atoms with Crippen molar-refractivity contribution in [3.8, 4) is 5.75 Å². The second-order valence-electron chi connectivity index (χ2n) is 5.24. The molecule has 112 valence electrons. The minimum absolute atomic E-state index is 0.392. The Morgan fingerprint density at radius 3 is 2.33 bits per heavy atom. The number of nitrogens with two attached hydrogens (primary N) is 1. The monoisotopic (exact) mass is 285 g/mol. The fourth-order valence-electron chi connectivity index (χ4n) is 2.43. The highest BCUT2D eigenvalue weighted by atomic mass is 16.5. The van der Waals surface area contributed by atoms with Crippen LogP contribution in [-0.2, 0) is 16.9 Å². The van der Waals surface area contributed by atoms with Crippen LogP contribution in [0.2, 0.25) is 0 Å². The molecule has 2 rings (SSSR count). The zero-order chi connectivity index (χ0) is 15.1. The molecule has 0 bridgehead atoms. The largest absolute Gasteiger partial charge is 0.496 e. The van der Waals surface area contributed by atoms with Crippen LogP contribution in [0.5, 0.6) is 5.75 Å². The summed E-state index contributed by atoms with van der Waals surface area (Å²) < 4.78 is 11.6. The summed E-state index contributed by atoms with van der Waals surface area (Å²) >= 11 is 0. The first-order chi connectivity index (χ1) is 10.2. The molecule has 0 fully saturated rings. The lowest BCUT2D eigenvalue weighted by molar-refractivity contribution is -0.0530. The van der Waals surface area contributed by atoms with Gasteiger partial charge in [0.1, 0.15) is 5.75 Å². The molecular weight excluding hydrogens is 262 g/mol. The highest BCUT2D eigenvalue weighted by Gasteiger charge is 2.26. The summed E-state index contributed by atoms with van der Waals surface area (Å²) in [5.74, 6) is 0.848. The summed E-state index contributed by atoms with van der Waals surface area (Å²) in [6, 6.07) is 18.1. The smallest absolute Gasteiger partial charge is 0.124 e. The molecule has 0 amide bonds. The summed E-state index contributed by atoms with van der Waals surface area (Å²) in [7, 11) is 1.68. The Bertz CT molecular complexity index is 556. The quantitative estimate of drug-likeness (QED) is 0.847. The molecule has 2 N–H and O–H groups in total. The standard InChI is InChI=1S/C18H23NO2/c1-18(12-13-19,16-9-4-3-5-10-16)21-14-15-8-6-7-11-17(15)20-2/h3-11H,12-14,19H2,1-2H3. The van der Waals surface area contributed by atoms with Crippen molar-refractivity contribution in [1.82, 2.24) is 0 Å². The van der Waals surface area contributed by atoms with E-state index in [0.717, 1.165) is 23.3 Å². The van der Waals surface area contributed by atoms with Gasteiger partial charge in [-0.2, -0.15) is 0 Å². The van der Waals surface area contributed by atoms with Crippen molar-refractivity contribution in [2.45, 2.75) is 25.6 Å². The molecule has 2 aromatic carbocycles. The maximum absolute atomic E-state index is 6.22. The fraction of sp³-hybridized carbons (Fsp3) is 0.333. The summed E-state index contributed by atoms with van der Waals surface area (Å²) in [6.07, 6.45) is 0.770. The van der Waals surface area contributed by atoms with Gasteiger partial charge < -0.3 is 15.2 Å². The van der Waals surface area contributed by atoms with E-state index >= 15 is 0 Å². The molecule has 3 heteroatoms. The minimum atomic E-state index is -0.392. The molecule has 0 heterocycles. The van der Waals surface area contributed by atoms with E-state index in [1.807, 2.05) is 42.5 Å². The molecule has 2 aromatic rings. The first-order valence-electron chi connectivity index (χ1n) is 7.21. The van der Waals surface area contributed by atoms with Crippen LogP contribution in [0.15, 0.2) is 54.6 Å². The normalized spacial score (nSPS) is 13.7. The van der Waals surface area contributed by atoms with Crippen LogP contribution in [0.3, 0.4) is 0 Å². The average Bonchev–Trinajstić information content (AvgIpc) is 2.54. The third kappa shape index (κ3) is 3.84. The van der Waals surface area contributed by atoms with Crippen molar-refractivity contribution in [2.24, 2.45) is 5.73 Å². The number of ether oxygens (including phenoxy) is 2. The van der Waals surface area contributed by atoms with Crippen molar-refractivity contribution in [2.75, 3.05) is 13.7 Å². The second kappa shape index (κ2) is 7.25. The van der Waals surface area contributed by atoms with Crippen LogP contribution in [0.25, 0.3) is 0 Å². The molecule has 0 aliphatic heterocycles. The lowest BCUT2D eigenvalue weighted by atomic mass is 9.92. The molecule has 0 saturated carbocycles. The van der Waals surface area contributed by atoms with Gasteiger partial charge in [-0.1, -0.05) is 48.5 Å². The lowest BCUT2D eigenvalue weighted by Gasteiger charge is -2.30. The van der Waals surface area contributed by atoms with Crippen molar-refractivity contribution in [3.63, 3.8) is 0 Å². The Morgan fingerprint density at radius 2 is 1.67 bits per heavy atom. The van der Waals surface area contributed by atoms with Gasteiger partial charge in [0.25, 0.3) is 0 Å². The van der Waals surface area contributed by atoms with Gasteiger partial charge in [-0.3, -0.25) is 0 Å². The van der Waals surface area contributed by atoms with Gasteiger partial charge in [0.2, 0.25) is 0 Å². The number of benzene rings is 2. The van der Waals surface area contributed by atoms with Gasteiger partial charge >= 0.3 is 0 Å². The third-order valence-corrected chi connectivity index (χ3v) is 3.74. The Labute approximate surface area is 126 Å². The molecular formula is C18H23NO2. The lowest BCUT2D eigenvalue weighted by Crippen LogP contribution is -2.29. The van der Waals surface area contributed by atoms with E-state index < -0.39 is 5.60 Å². The molecule has 1 unspecified atom stereocenters. The van der Waals surface area contributed by atoms with Crippen molar-refractivity contribution < 1.29 is 9.47 Å². The Kier molecular flexibility index (Phi) is 5.37. The molecule has 0 aromatic heterocycles. The van der Waals surface area contributed by atoms with Gasteiger partial charge in [-0.25, -0.2) is 0 Å². The highest BCUT2D eigenvalue weighted by Crippen LogP contribution is 2.31. The minimum Gasteiger partial charge on any atom is -0.496 e. The van der Waals surface area contributed by atoms with E-state index in [-0.39, 0.29) is 0 Å². The molecule has 0 saturated heterocycles. The van der Waals surface area contributed by atoms with Crippen molar-refractivity contribution >= 4 is 0 Å². The first kappa shape index (κ1) is 15.5. The molecule has 21 heavy (non-hydrogen) atoms. The number of hydrogen-bond acceptors (Lipinski definition) is 3. The van der Waals surface area contributed by atoms with E-state index in [4.69, 9.17) is 15.2 Å². The van der Waals surface area contributed by atoms with Gasteiger partial charge in [0.05, 0.1) is 19.3 Å². The first-order valence-corrected chi connectivity index (χ1v) is 7.21. The third-order valence-electron chi connectivity index (χ3n) is 3.74. The average molecular weight is 285 g/mol. The second-order valence-corrected chi connectivity index (χ2v) is 5.24. The SMILES string of the molecule is COc1ccccc1COC(C)(CCN)c1ccccc1. The number of para-hydroxylation sites is 1. The van der Waals surface area contributed by atoms with E-state index in [2.05, 4.69) is 19.1 Å². The van der Waals surface area contributed by atoms with E-state index in [1.54, 1.807) is 7.11 Å². The maximum Gasteiger partial charge on any atom is 0.124 e. The zero-order valence-corrected chi connectivity index (χ0v) is 12.7. The van der Waals surface area contributed by atoms with Crippen LogP contribution in [0, 0.1) is 0 Å². The number of hydrogen-bond donors (Lipinski definition) is 1. The topological polar surface area (TPSA) is 44.5 Å². The zero-order valence-electron chi connectivity index (χ0n) is 12.7. The summed E-state index contributed by atoms with van der Waals surface area (Å²) in [6.45, 7) is 3.16. The predicted octanol–water partition coefficient (Wildman–Crippen LogP) is 3.48. The van der Waals surface area contributed by atoms with E-state index in [0.29, 0.717) is 13.2 Å². The van der Waals surface area contributed by atoms with Crippen LogP contribution in [0.4, 0.5) is 0 Å². The van der Waals surface area contributed by atoms with E-state index in [9.17, 15) is 0 Å². The Balaban J connectivity index is 2.17. The Morgan fingerprint density at radius 1 is 1.00 bits per heavy atom. The van der Waals surface area contributed by atoms with Gasteiger partial charge in [-0.15, -0.1) is 0 Å². The Hall–Kier alpha value is -1.84. The van der Waals surface area contributed by atoms with Gasteiger partial charge in [0.15, 0.2) is 0 Å². The molecule has 0 aliphatic rings. The molecule has 1 atom stereocenters. The van der Waals surface area contributed by atoms with Crippen LogP contribution >= 0.6 is 0 Å². The van der Waals surface area contributed by atoms with Gasteiger partial charge in [-0.05, 0) is 31.5 Å². The number of methoxy groups -OCH3 is 1. The molecule has 0 aliphatic carbocycles. The predicted molar refractivity (Wildman–Crippen MR) is 85.2 cm³/mol. The maximum atomic E-state index is 6.22. The van der Waals surface area contributed by atoms with Crippen LogP contribution in [-0.4, -0.2) is 13.7 Å². The summed E-state index contributed by atoms with van der Waals surface area (Å²) in [5, 5.41) is 0. The molecule has 0 radical (unpaired) electrons. The van der Waals surface area contributed by atoms with Crippen LogP contribution < -0.4 is 10.5 Å². The van der Waals surface area contributed by atoms with Crippen molar-refractivity contribution in [3.05, 3.63) is 65.7 Å². The summed E-state index contributed by atoms with van der Waals surface area (Å²) in [5.41, 5.74) is 7.57. The molecule has 3 nitrogen and oxygen atoms in total.